The van der Waals surface area contributed by atoms with Gasteiger partial charge in [0.15, 0.2) is 6.10 Å². The maximum Gasteiger partial charge on any atom is 0.306 e. The monoisotopic (exact) mass is 845 g/mol. The summed E-state index contributed by atoms with van der Waals surface area (Å²) in [7, 11) is 0. The van der Waals surface area contributed by atoms with Crippen molar-refractivity contribution in [2.24, 2.45) is 0 Å². The molecule has 0 amide bonds. The molecule has 6 nitrogen and oxygen atoms in total. The first-order valence-corrected chi connectivity index (χ1v) is 26.3. The van der Waals surface area contributed by atoms with Crippen molar-refractivity contribution < 1.29 is 28.6 Å². The highest BCUT2D eigenvalue weighted by Crippen LogP contribution is 2.16. The lowest BCUT2D eigenvalue weighted by atomic mass is 10.0. The summed E-state index contributed by atoms with van der Waals surface area (Å²) >= 11 is 0. The standard InChI is InChI=1S/C54H100O6/c1-4-7-10-13-16-19-22-24-26-27-28-30-32-35-38-41-44-47-53(56)59-50-51(49-58-52(55)46-43-40-37-34-31-21-18-15-12-9-6-3)60-54(57)48-45-42-39-36-33-29-25-23-20-17-14-11-8-5-2/h14,17,23,25,51H,4-13,15-16,18-22,24,26-50H2,1-3H3/b17-14-,25-23-. The van der Waals surface area contributed by atoms with Crippen molar-refractivity contribution in [3.05, 3.63) is 24.3 Å². The Hall–Kier alpha value is -2.11. The molecule has 0 aromatic heterocycles. The Morgan fingerprint density at radius 3 is 0.967 bits per heavy atom. The molecule has 0 N–H and O–H groups in total. The molecule has 0 spiro atoms. The van der Waals surface area contributed by atoms with Gasteiger partial charge in [0.25, 0.3) is 0 Å². The largest absolute Gasteiger partial charge is 0.462 e. The molecule has 0 aliphatic rings. The lowest BCUT2D eigenvalue weighted by Gasteiger charge is -2.18. The number of esters is 3. The number of carbonyl (C=O) groups is 3. The van der Waals surface area contributed by atoms with Crippen LogP contribution in [0.25, 0.3) is 0 Å². The molecule has 0 aliphatic heterocycles. The summed E-state index contributed by atoms with van der Waals surface area (Å²) in [6, 6.07) is 0. The van der Waals surface area contributed by atoms with Crippen molar-refractivity contribution in [3.8, 4) is 0 Å². The molecule has 0 saturated heterocycles. The van der Waals surface area contributed by atoms with Crippen molar-refractivity contribution >= 4 is 17.9 Å². The molecule has 0 aliphatic carbocycles. The molecule has 0 heterocycles. The van der Waals surface area contributed by atoms with Crippen LogP contribution in [0.1, 0.15) is 284 Å². The van der Waals surface area contributed by atoms with Crippen LogP contribution < -0.4 is 0 Å². The van der Waals surface area contributed by atoms with Crippen molar-refractivity contribution in [3.63, 3.8) is 0 Å². The predicted molar refractivity (Wildman–Crippen MR) is 256 cm³/mol. The maximum atomic E-state index is 12.8. The van der Waals surface area contributed by atoms with Gasteiger partial charge >= 0.3 is 17.9 Å². The molecule has 0 bridgehead atoms. The van der Waals surface area contributed by atoms with Gasteiger partial charge in [-0.3, -0.25) is 14.4 Å². The molecule has 352 valence electrons. The van der Waals surface area contributed by atoms with Gasteiger partial charge in [-0.2, -0.15) is 0 Å². The number of allylic oxidation sites excluding steroid dienone is 4. The topological polar surface area (TPSA) is 78.9 Å². The Balaban J connectivity index is 4.32. The minimum absolute atomic E-state index is 0.0721. The van der Waals surface area contributed by atoms with Gasteiger partial charge in [0.2, 0.25) is 0 Å². The molecule has 6 heteroatoms. The van der Waals surface area contributed by atoms with Crippen LogP contribution in [0.4, 0.5) is 0 Å². The normalized spacial score (nSPS) is 12.1. The van der Waals surface area contributed by atoms with Gasteiger partial charge in [0, 0.05) is 19.3 Å². The SMILES string of the molecule is CCCC/C=C\C/C=C\CCCCCCCC(=O)OC(COC(=O)CCCCCCCCCCCCC)COC(=O)CCCCCCCCCCCCCCCCCCC. The quantitative estimate of drug-likeness (QED) is 0.0263. The second kappa shape index (κ2) is 49.5. The van der Waals surface area contributed by atoms with Crippen LogP contribution in [0, 0.1) is 0 Å². The van der Waals surface area contributed by atoms with E-state index in [2.05, 4.69) is 45.1 Å². The zero-order chi connectivity index (χ0) is 43.7. The molecule has 0 fully saturated rings. The first-order valence-electron chi connectivity index (χ1n) is 26.3. The average Bonchev–Trinajstić information content (AvgIpc) is 3.24. The number of carbonyl (C=O) groups excluding carboxylic acids is 3. The molecule has 0 saturated carbocycles. The summed E-state index contributed by atoms with van der Waals surface area (Å²) in [5, 5.41) is 0. The fourth-order valence-electron chi connectivity index (χ4n) is 7.70. The number of ether oxygens (including phenoxy) is 3. The van der Waals surface area contributed by atoms with Crippen LogP contribution in [0.2, 0.25) is 0 Å². The first kappa shape index (κ1) is 57.9. The Morgan fingerprint density at radius 1 is 0.333 bits per heavy atom. The van der Waals surface area contributed by atoms with Crippen molar-refractivity contribution in [2.75, 3.05) is 13.2 Å². The van der Waals surface area contributed by atoms with Gasteiger partial charge in [-0.15, -0.1) is 0 Å². The molecule has 0 aromatic rings. The van der Waals surface area contributed by atoms with E-state index in [1.54, 1.807) is 0 Å². The van der Waals surface area contributed by atoms with E-state index in [1.165, 1.54) is 161 Å². The minimum Gasteiger partial charge on any atom is -0.462 e. The van der Waals surface area contributed by atoms with Crippen LogP contribution in [0.5, 0.6) is 0 Å². The van der Waals surface area contributed by atoms with Gasteiger partial charge in [-0.25, -0.2) is 0 Å². The molecular weight excluding hydrogens is 745 g/mol. The van der Waals surface area contributed by atoms with Crippen LogP contribution >= 0.6 is 0 Å². The zero-order valence-electron chi connectivity index (χ0n) is 40.2. The van der Waals surface area contributed by atoms with E-state index < -0.39 is 6.10 Å². The second-order valence-corrected chi connectivity index (χ2v) is 17.8. The highest BCUT2D eigenvalue weighted by Gasteiger charge is 2.19. The molecule has 0 rings (SSSR count). The first-order chi connectivity index (χ1) is 29.5. The molecule has 0 radical (unpaired) electrons. The Bertz CT molecular complexity index is 973. The number of hydrogen-bond donors (Lipinski definition) is 0. The molecule has 0 aromatic carbocycles. The van der Waals surface area contributed by atoms with Crippen LogP contribution in [-0.2, 0) is 28.6 Å². The fourth-order valence-corrected chi connectivity index (χ4v) is 7.70. The highest BCUT2D eigenvalue weighted by atomic mass is 16.6. The summed E-state index contributed by atoms with van der Waals surface area (Å²) in [4.78, 5) is 37.9. The molecule has 1 atom stereocenters. The van der Waals surface area contributed by atoms with E-state index in [0.29, 0.717) is 19.3 Å². The molecule has 60 heavy (non-hydrogen) atoms. The Morgan fingerprint density at radius 2 is 0.617 bits per heavy atom. The third kappa shape index (κ3) is 46.9. The van der Waals surface area contributed by atoms with E-state index in [4.69, 9.17) is 14.2 Å². The van der Waals surface area contributed by atoms with Crippen molar-refractivity contribution in [2.45, 2.75) is 290 Å². The van der Waals surface area contributed by atoms with Crippen LogP contribution in [-0.4, -0.2) is 37.2 Å². The summed E-state index contributed by atoms with van der Waals surface area (Å²) in [5.41, 5.74) is 0. The summed E-state index contributed by atoms with van der Waals surface area (Å²) in [6.07, 6.45) is 55.9. The minimum atomic E-state index is -0.772. The van der Waals surface area contributed by atoms with Crippen molar-refractivity contribution in [1.29, 1.82) is 0 Å². The third-order valence-electron chi connectivity index (χ3n) is 11.7. The van der Waals surface area contributed by atoms with Gasteiger partial charge in [-0.1, -0.05) is 244 Å². The smallest absolute Gasteiger partial charge is 0.306 e. The van der Waals surface area contributed by atoms with E-state index in [1.807, 2.05) is 0 Å². The van der Waals surface area contributed by atoms with E-state index >= 15 is 0 Å². The molecular formula is C54H100O6. The van der Waals surface area contributed by atoms with Gasteiger partial charge < -0.3 is 14.2 Å². The van der Waals surface area contributed by atoms with Crippen LogP contribution in [0.3, 0.4) is 0 Å². The Labute approximate surface area is 373 Å². The summed E-state index contributed by atoms with van der Waals surface area (Å²) < 4.78 is 16.8. The number of rotatable bonds is 48. The highest BCUT2D eigenvalue weighted by molar-refractivity contribution is 5.71. The van der Waals surface area contributed by atoms with Crippen molar-refractivity contribution in [1.82, 2.24) is 0 Å². The predicted octanol–water partition coefficient (Wildman–Crippen LogP) is 17.2. The number of hydrogen-bond acceptors (Lipinski definition) is 6. The van der Waals surface area contributed by atoms with E-state index in [0.717, 1.165) is 83.5 Å². The van der Waals surface area contributed by atoms with E-state index in [9.17, 15) is 14.4 Å². The molecule has 1 unspecified atom stereocenters. The van der Waals surface area contributed by atoms with Gasteiger partial charge in [0.1, 0.15) is 13.2 Å². The van der Waals surface area contributed by atoms with Gasteiger partial charge in [0.05, 0.1) is 0 Å². The van der Waals surface area contributed by atoms with E-state index in [-0.39, 0.29) is 31.1 Å². The Kier molecular flexibility index (Phi) is 47.8. The third-order valence-corrected chi connectivity index (χ3v) is 11.7. The second-order valence-electron chi connectivity index (χ2n) is 17.8. The van der Waals surface area contributed by atoms with Crippen LogP contribution in [0.15, 0.2) is 24.3 Å². The number of unbranched alkanes of at least 4 members (excludes halogenated alkanes) is 33. The van der Waals surface area contributed by atoms with Gasteiger partial charge in [-0.05, 0) is 44.9 Å². The lowest BCUT2D eigenvalue weighted by Crippen LogP contribution is -2.30. The lowest BCUT2D eigenvalue weighted by molar-refractivity contribution is -0.167. The summed E-state index contributed by atoms with van der Waals surface area (Å²) in [5.74, 6) is -0.872. The fraction of sp³-hybridized carbons (Fsp3) is 0.870. The average molecular weight is 845 g/mol. The zero-order valence-corrected chi connectivity index (χ0v) is 40.2. The summed E-state index contributed by atoms with van der Waals surface area (Å²) in [6.45, 7) is 6.61. The maximum absolute atomic E-state index is 12.8.